The quantitative estimate of drug-likeness (QED) is 0.319. The predicted molar refractivity (Wildman–Crippen MR) is 176 cm³/mol. The number of nitrogens with one attached hydrogen (secondary N) is 2. The van der Waals surface area contributed by atoms with Gasteiger partial charge in [-0.15, -0.1) is 0 Å². The second kappa shape index (κ2) is 13.6. The lowest BCUT2D eigenvalue weighted by atomic mass is 9.85. The summed E-state index contributed by atoms with van der Waals surface area (Å²) in [5.74, 6) is 0.448. The first-order chi connectivity index (χ1) is 23.3. The number of alkyl carbamates (subject to hydrolysis) is 1. The number of piperidine rings is 1. The van der Waals surface area contributed by atoms with E-state index in [0.29, 0.717) is 69.3 Å². The summed E-state index contributed by atoms with van der Waals surface area (Å²) in [6.45, 7) is 9.14. The second-order valence-corrected chi connectivity index (χ2v) is 13.5. The van der Waals surface area contributed by atoms with E-state index in [0.717, 1.165) is 25.1 Å². The van der Waals surface area contributed by atoms with Gasteiger partial charge in [-0.3, -0.25) is 4.79 Å². The summed E-state index contributed by atoms with van der Waals surface area (Å²) in [7, 11) is 0. The van der Waals surface area contributed by atoms with Crippen LogP contribution in [0.5, 0.6) is 0 Å². The largest absolute Gasteiger partial charge is 0.444 e. The van der Waals surface area contributed by atoms with Crippen LogP contribution in [0.4, 0.5) is 41.1 Å². The van der Waals surface area contributed by atoms with Crippen LogP contribution in [-0.2, 0) is 15.7 Å². The Labute approximate surface area is 281 Å². The Balaban J connectivity index is 1.20. The number of fused-ring (bicyclic) bond motifs is 2. The molecule has 5 heterocycles. The smallest absolute Gasteiger partial charge is 0.418 e. The highest BCUT2D eigenvalue weighted by molar-refractivity contribution is 6.06. The summed E-state index contributed by atoms with van der Waals surface area (Å²) in [6, 6.07) is 5.88. The van der Waals surface area contributed by atoms with Gasteiger partial charge in [0.2, 0.25) is 0 Å². The van der Waals surface area contributed by atoms with Gasteiger partial charge in [0.1, 0.15) is 22.8 Å². The maximum absolute atomic E-state index is 14.1. The Bertz CT molecular complexity index is 1680. The highest BCUT2D eigenvalue weighted by Crippen LogP contribution is 2.44. The molecule has 1 aliphatic carbocycles. The number of morpholine rings is 1. The third-order valence-electron chi connectivity index (χ3n) is 9.05. The highest BCUT2D eigenvalue weighted by atomic mass is 19.4. The van der Waals surface area contributed by atoms with Crippen molar-refractivity contribution in [1.82, 2.24) is 25.3 Å². The Hall–Kier alpha value is -4.73. The normalized spacial score (nSPS) is 21.0. The number of hydrogen-bond donors (Lipinski definition) is 3. The molecule has 262 valence electrons. The summed E-state index contributed by atoms with van der Waals surface area (Å²) in [6.07, 6.45) is -0.552. The molecular formula is C33H40F3N9O4. The van der Waals surface area contributed by atoms with Gasteiger partial charge in [0.25, 0.3) is 5.91 Å². The van der Waals surface area contributed by atoms with Crippen molar-refractivity contribution in [2.45, 2.75) is 45.4 Å². The molecule has 2 saturated heterocycles. The highest BCUT2D eigenvalue weighted by Gasteiger charge is 2.43. The molecule has 1 saturated carbocycles. The van der Waals surface area contributed by atoms with E-state index in [9.17, 15) is 22.8 Å². The molecule has 0 spiro atoms. The number of carbonyl (C=O) groups excluding carboxylic acids is 2. The van der Waals surface area contributed by atoms with Gasteiger partial charge in [-0.1, -0.05) is 0 Å². The van der Waals surface area contributed by atoms with Crippen LogP contribution in [0.3, 0.4) is 0 Å². The van der Waals surface area contributed by atoms with Crippen molar-refractivity contribution in [2.24, 2.45) is 17.8 Å². The number of halogens is 3. The lowest BCUT2D eigenvalue weighted by Crippen LogP contribution is -2.47. The molecule has 3 aromatic heterocycles. The van der Waals surface area contributed by atoms with Gasteiger partial charge in [0.05, 0.1) is 30.7 Å². The number of ether oxygens (including phenoxy) is 2. The first-order valence-electron chi connectivity index (χ1n) is 16.3. The topological polar surface area (TPSA) is 161 Å². The minimum absolute atomic E-state index is 0.248. The van der Waals surface area contributed by atoms with Crippen molar-refractivity contribution in [3.8, 4) is 11.4 Å². The molecule has 3 aromatic rings. The van der Waals surface area contributed by atoms with Crippen molar-refractivity contribution in [3.63, 3.8) is 0 Å². The zero-order valence-corrected chi connectivity index (χ0v) is 27.6. The van der Waals surface area contributed by atoms with Crippen LogP contribution in [0.25, 0.3) is 11.4 Å². The van der Waals surface area contributed by atoms with Crippen LogP contribution in [0, 0.1) is 17.8 Å². The fraction of sp³-hybridized carbons (Fsp3) is 0.515. The molecule has 13 nitrogen and oxygen atoms in total. The van der Waals surface area contributed by atoms with E-state index in [1.807, 2.05) is 31.7 Å². The molecular weight excluding hydrogens is 643 g/mol. The number of carbonyl (C=O) groups is 2. The molecule has 4 N–H and O–H groups in total. The van der Waals surface area contributed by atoms with E-state index in [1.165, 1.54) is 12.3 Å². The van der Waals surface area contributed by atoms with E-state index in [4.69, 9.17) is 15.2 Å². The summed E-state index contributed by atoms with van der Waals surface area (Å²) in [5.41, 5.74) is 4.08. The van der Waals surface area contributed by atoms with Crippen LogP contribution in [0.1, 0.15) is 49.7 Å². The average molecular weight is 684 g/mol. The number of pyridine rings is 2. The summed E-state index contributed by atoms with van der Waals surface area (Å²) in [5, 5.41) is 5.69. The SMILES string of the molecule is CC(C)(C)OC(=O)NC[C@@H]1[C@@H]2CC[C@H]1CN(c1cccnc1NC(=O)c1nc(-c3nc(N4CCOCC4)ccc3C(F)(F)F)cnc1N)C2. The summed E-state index contributed by atoms with van der Waals surface area (Å²) < 4.78 is 53.1. The molecule has 49 heavy (non-hydrogen) atoms. The van der Waals surface area contributed by atoms with Crippen LogP contribution in [-0.4, -0.2) is 83.5 Å². The zero-order valence-electron chi connectivity index (χ0n) is 27.6. The van der Waals surface area contributed by atoms with Gasteiger partial charge in [-0.2, -0.15) is 13.2 Å². The van der Waals surface area contributed by atoms with E-state index < -0.39 is 35.0 Å². The van der Waals surface area contributed by atoms with Crippen molar-refractivity contribution in [1.29, 1.82) is 0 Å². The number of anilines is 4. The van der Waals surface area contributed by atoms with Crippen LogP contribution >= 0.6 is 0 Å². The first-order valence-corrected chi connectivity index (χ1v) is 16.3. The van der Waals surface area contributed by atoms with E-state index in [-0.39, 0.29) is 28.9 Å². The second-order valence-electron chi connectivity index (χ2n) is 13.5. The van der Waals surface area contributed by atoms with Gasteiger partial charge in [-0.05, 0) is 75.6 Å². The van der Waals surface area contributed by atoms with Gasteiger partial charge in [0, 0.05) is 38.9 Å². The summed E-state index contributed by atoms with van der Waals surface area (Å²) >= 11 is 0. The van der Waals surface area contributed by atoms with Crippen molar-refractivity contribution in [3.05, 3.63) is 47.9 Å². The maximum Gasteiger partial charge on any atom is 0.418 e. The van der Waals surface area contributed by atoms with Crippen molar-refractivity contribution in [2.75, 3.05) is 66.8 Å². The Morgan fingerprint density at radius 2 is 1.73 bits per heavy atom. The zero-order chi connectivity index (χ0) is 34.9. The number of nitrogens with zero attached hydrogens (tertiary/aromatic N) is 6. The molecule has 3 atom stereocenters. The number of nitrogen functional groups attached to an aromatic ring is 1. The van der Waals surface area contributed by atoms with Crippen LogP contribution < -0.4 is 26.2 Å². The number of amides is 2. The number of rotatable bonds is 7. The van der Waals surface area contributed by atoms with Gasteiger partial charge in [-0.25, -0.2) is 24.7 Å². The first kappa shape index (κ1) is 34.1. The van der Waals surface area contributed by atoms with Crippen LogP contribution in [0.15, 0.2) is 36.7 Å². The molecule has 6 rings (SSSR count). The maximum atomic E-state index is 14.1. The average Bonchev–Trinajstić information content (AvgIpc) is 3.29. The molecule has 3 fully saturated rings. The monoisotopic (exact) mass is 683 g/mol. The van der Waals surface area contributed by atoms with Crippen molar-refractivity contribution >= 4 is 35.1 Å². The Morgan fingerprint density at radius 1 is 1.02 bits per heavy atom. The number of aromatic nitrogens is 4. The minimum Gasteiger partial charge on any atom is -0.444 e. The van der Waals surface area contributed by atoms with E-state index in [2.05, 4.69) is 35.5 Å². The molecule has 0 radical (unpaired) electrons. The van der Waals surface area contributed by atoms with E-state index in [1.54, 1.807) is 6.07 Å². The van der Waals surface area contributed by atoms with Gasteiger partial charge >= 0.3 is 12.3 Å². The number of nitrogens with two attached hydrogens (primary N) is 1. The third kappa shape index (κ3) is 7.79. The van der Waals surface area contributed by atoms with E-state index >= 15 is 0 Å². The number of alkyl halides is 3. The molecule has 0 unspecified atom stereocenters. The molecule has 2 aliphatic heterocycles. The number of hydrogen-bond acceptors (Lipinski definition) is 11. The lowest BCUT2D eigenvalue weighted by Gasteiger charge is -2.39. The Kier molecular flexibility index (Phi) is 9.51. The van der Waals surface area contributed by atoms with Crippen LogP contribution in [0.2, 0.25) is 0 Å². The van der Waals surface area contributed by atoms with Gasteiger partial charge in [0.15, 0.2) is 17.3 Å². The lowest BCUT2D eigenvalue weighted by molar-refractivity contribution is -0.137. The molecule has 2 amide bonds. The minimum atomic E-state index is -4.74. The molecule has 0 aromatic carbocycles. The fourth-order valence-corrected chi connectivity index (χ4v) is 6.82. The molecule has 3 aliphatic rings. The fourth-order valence-electron chi connectivity index (χ4n) is 6.82. The predicted octanol–water partition coefficient (Wildman–Crippen LogP) is 4.61. The third-order valence-corrected chi connectivity index (χ3v) is 9.05. The Morgan fingerprint density at radius 3 is 2.41 bits per heavy atom. The molecule has 2 bridgehead atoms. The molecule has 16 heteroatoms. The van der Waals surface area contributed by atoms with Gasteiger partial charge < -0.3 is 35.6 Å². The van der Waals surface area contributed by atoms with Crippen molar-refractivity contribution < 1.29 is 32.2 Å². The summed E-state index contributed by atoms with van der Waals surface area (Å²) in [4.78, 5) is 46.9. The standard InChI is InChI=1S/C33H40F3N9O4/c1-32(2,3)49-31(47)40-15-21-19-6-7-20(21)18-45(17-19)24-5-4-10-38-29(24)43-30(46)27-28(37)39-16-23(41-27)26-22(33(34,35)36)8-9-25(42-26)44-11-13-48-14-12-44/h4-5,8-10,16,19-21H,6-7,11-15,17-18H2,1-3H3,(H2,37,39)(H,40,47)(H,38,43,46)/t19-,20+,21-.